The number of nitrogens with one attached hydrogen (secondary N) is 1. The molecular weight excluding hydrogens is 274 g/mol. The number of aliphatic imine (C=N–C) groups is 1. The molecule has 0 aliphatic carbocycles. The minimum Gasteiger partial charge on any atom is -0.308 e. The molecule has 0 saturated heterocycles. The largest absolute Gasteiger partial charge is 0.327 e. The van der Waals surface area contributed by atoms with Crippen LogP contribution in [0.5, 0.6) is 0 Å². The van der Waals surface area contributed by atoms with Gasteiger partial charge in [-0.1, -0.05) is 30.3 Å². The van der Waals surface area contributed by atoms with E-state index in [4.69, 9.17) is 0 Å². The lowest BCUT2D eigenvalue weighted by Gasteiger charge is -2.19. The monoisotopic (exact) mass is 293 g/mol. The Kier molecular flexibility index (Phi) is 3.92. The van der Waals surface area contributed by atoms with Crippen molar-refractivity contribution in [3.63, 3.8) is 0 Å². The van der Waals surface area contributed by atoms with Crippen molar-refractivity contribution in [3.8, 4) is 0 Å². The van der Waals surface area contributed by atoms with Crippen LogP contribution in [0.3, 0.4) is 0 Å². The highest BCUT2D eigenvalue weighted by molar-refractivity contribution is 6.11. The van der Waals surface area contributed by atoms with E-state index in [1.165, 1.54) is 11.1 Å². The maximum Gasteiger partial charge on any atom is 0.327 e. The molecule has 1 aliphatic heterocycles. The number of amides is 2. The molecule has 0 saturated carbocycles. The summed E-state index contributed by atoms with van der Waals surface area (Å²) in [6, 6.07) is 15.5. The molecule has 0 atom stereocenters. The molecule has 2 aromatic rings. The van der Waals surface area contributed by atoms with Crippen LogP contribution in [0.2, 0.25) is 0 Å². The van der Waals surface area contributed by atoms with E-state index < -0.39 is 0 Å². The predicted octanol–water partition coefficient (Wildman–Crippen LogP) is 3.60. The van der Waals surface area contributed by atoms with Crippen LogP contribution in [0.15, 0.2) is 53.5 Å². The third-order valence-electron chi connectivity index (χ3n) is 3.88. The quantitative estimate of drug-likeness (QED) is 0.903. The van der Waals surface area contributed by atoms with Crippen molar-refractivity contribution in [2.75, 3.05) is 18.4 Å². The average Bonchev–Trinajstić information content (AvgIpc) is 3.01. The number of urea groups is 1. The van der Waals surface area contributed by atoms with Gasteiger partial charge in [0.05, 0.1) is 6.54 Å². The van der Waals surface area contributed by atoms with Crippen molar-refractivity contribution in [2.24, 2.45) is 4.99 Å². The molecule has 0 unspecified atom stereocenters. The summed E-state index contributed by atoms with van der Waals surface area (Å²) in [6.07, 6.45) is 0. The van der Waals surface area contributed by atoms with Crippen molar-refractivity contribution in [3.05, 3.63) is 65.2 Å². The molecule has 0 radical (unpaired) electrons. The molecule has 22 heavy (non-hydrogen) atoms. The Labute approximate surface area is 130 Å². The standard InChI is InChI=1S/C18H19N3O/c1-13-8-9-15(12-14(13)2)17-19-10-11-21(17)18(22)20-16-6-4-3-5-7-16/h3-9,12H,10-11H2,1-2H3,(H,20,22). The Morgan fingerprint density at radius 3 is 2.59 bits per heavy atom. The zero-order valence-corrected chi connectivity index (χ0v) is 12.8. The fourth-order valence-corrected chi connectivity index (χ4v) is 2.48. The van der Waals surface area contributed by atoms with Crippen LogP contribution in [0.1, 0.15) is 16.7 Å². The highest BCUT2D eigenvalue weighted by Crippen LogP contribution is 2.17. The Hall–Kier alpha value is -2.62. The van der Waals surface area contributed by atoms with Gasteiger partial charge < -0.3 is 5.32 Å². The summed E-state index contributed by atoms with van der Waals surface area (Å²) in [6.45, 7) is 5.41. The van der Waals surface area contributed by atoms with E-state index in [9.17, 15) is 4.79 Å². The van der Waals surface area contributed by atoms with Gasteiger partial charge in [-0.05, 0) is 43.2 Å². The van der Waals surface area contributed by atoms with Gasteiger partial charge in [0.2, 0.25) is 0 Å². The molecule has 4 heteroatoms. The van der Waals surface area contributed by atoms with Crippen LogP contribution in [0, 0.1) is 13.8 Å². The summed E-state index contributed by atoms with van der Waals surface area (Å²) in [7, 11) is 0. The van der Waals surface area contributed by atoms with Crippen molar-refractivity contribution >= 4 is 17.6 Å². The van der Waals surface area contributed by atoms with Crippen molar-refractivity contribution in [1.82, 2.24) is 4.90 Å². The molecule has 0 aromatic heterocycles. The van der Waals surface area contributed by atoms with Gasteiger partial charge in [0.1, 0.15) is 5.84 Å². The van der Waals surface area contributed by atoms with Gasteiger partial charge in [-0.2, -0.15) is 0 Å². The number of anilines is 1. The zero-order chi connectivity index (χ0) is 15.5. The third-order valence-corrected chi connectivity index (χ3v) is 3.88. The lowest BCUT2D eigenvalue weighted by Crippen LogP contribution is -2.38. The Balaban J connectivity index is 1.80. The van der Waals surface area contributed by atoms with E-state index >= 15 is 0 Å². The molecule has 4 nitrogen and oxygen atoms in total. The second kappa shape index (κ2) is 6.02. The molecule has 0 fully saturated rings. The number of hydrogen-bond acceptors (Lipinski definition) is 2. The van der Waals surface area contributed by atoms with Crippen molar-refractivity contribution in [1.29, 1.82) is 0 Å². The molecule has 1 N–H and O–H groups in total. The molecule has 2 aromatic carbocycles. The lowest BCUT2D eigenvalue weighted by atomic mass is 10.1. The van der Waals surface area contributed by atoms with E-state index in [0.717, 1.165) is 17.1 Å². The number of nitrogens with zero attached hydrogens (tertiary/aromatic N) is 2. The number of carbonyl (C=O) groups is 1. The van der Waals surface area contributed by atoms with Gasteiger partial charge in [-0.3, -0.25) is 9.89 Å². The molecule has 3 rings (SSSR count). The summed E-state index contributed by atoms with van der Waals surface area (Å²) in [5.74, 6) is 0.747. The first-order valence-electron chi connectivity index (χ1n) is 7.41. The first kappa shape index (κ1) is 14.3. The second-order valence-corrected chi connectivity index (χ2v) is 5.45. The molecule has 112 valence electrons. The molecular formula is C18H19N3O. The number of amidine groups is 1. The van der Waals surface area contributed by atoms with E-state index in [0.29, 0.717) is 13.1 Å². The minimum atomic E-state index is -0.138. The first-order chi connectivity index (χ1) is 10.6. The maximum atomic E-state index is 12.5. The summed E-state index contributed by atoms with van der Waals surface area (Å²) in [5, 5.41) is 2.92. The highest BCUT2D eigenvalue weighted by atomic mass is 16.2. The average molecular weight is 293 g/mol. The lowest BCUT2D eigenvalue weighted by molar-refractivity contribution is 0.236. The molecule has 2 amide bonds. The molecule has 1 aliphatic rings. The summed E-state index contributed by atoms with van der Waals surface area (Å²) in [4.78, 5) is 18.7. The van der Waals surface area contributed by atoms with E-state index in [1.807, 2.05) is 36.4 Å². The van der Waals surface area contributed by atoms with Gasteiger partial charge in [0.25, 0.3) is 0 Å². The zero-order valence-electron chi connectivity index (χ0n) is 12.8. The number of aryl methyl sites for hydroxylation is 2. The molecule has 0 spiro atoms. The number of benzene rings is 2. The summed E-state index contributed by atoms with van der Waals surface area (Å²) in [5.41, 5.74) is 4.22. The van der Waals surface area contributed by atoms with Crippen LogP contribution in [-0.4, -0.2) is 29.9 Å². The van der Waals surface area contributed by atoms with E-state index in [2.05, 4.69) is 36.3 Å². The van der Waals surface area contributed by atoms with E-state index in [-0.39, 0.29) is 6.03 Å². The molecule has 0 bridgehead atoms. The Morgan fingerprint density at radius 1 is 1.09 bits per heavy atom. The van der Waals surface area contributed by atoms with Crippen molar-refractivity contribution < 1.29 is 4.79 Å². The number of carbonyl (C=O) groups excluding carboxylic acids is 1. The van der Waals surface area contributed by atoms with Crippen LogP contribution in [-0.2, 0) is 0 Å². The number of rotatable bonds is 2. The summed E-state index contributed by atoms with van der Waals surface area (Å²) >= 11 is 0. The second-order valence-electron chi connectivity index (χ2n) is 5.45. The Morgan fingerprint density at radius 2 is 1.86 bits per heavy atom. The molecule has 1 heterocycles. The van der Waals surface area contributed by atoms with Gasteiger partial charge in [-0.25, -0.2) is 4.79 Å². The van der Waals surface area contributed by atoms with Gasteiger partial charge in [0.15, 0.2) is 0 Å². The summed E-state index contributed by atoms with van der Waals surface area (Å²) < 4.78 is 0. The SMILES string of the molecule is Cc1ccc(C2=NCCN2C(=O)Nc2ccccc2)cc1C. The number of para-hydroxylation sites is 1. The first-order valence-corrected chi connectivity index (χ1v) is 7.41. The number of hydrogen-bond donors (Lipinski definition) is 1. The van der Waals surface area contributed by atoms with Crippen LogP contribution >= 0.6 is 0 Å². The van der Waals surface area contributed by atoms with Gasteiger partial charge in [-0.15, -0.1) is 0 Å². The smallest absolute Gasteiger partial charge is 0.308 e. The van der Waals surface area contributed by atoms with Crippen LogP contribution < -0.4 is 5.32 Å². The highest BCUT2D eigenvalue weighted by Gasteiger charge is 2.25. The minimum absolute atomic E-state index is 0.138. The van der Waals surface area contributed by atoms with Crippen LogP contribution in [0.25, 0.3) is 0 Å². The van der Waals surface area contributed by atoms with E-state index in [1.54, 1.807) is 4.90 Å². The van der Waals surface area contributed by atoms with Gasteiger partial charge >= 0.3 is 6.03 Å². The maximum absolute atomic E-state index is 12.5. The third kappa shape index (κ3) is 2.86. The normalized spacial score (nSPS) is 13.9. The van der Waals surface area contributed by atoms with Gasteiger partial charge in [0, 0.05) is 17.8 Å². The predicted molar refractivity (Wildman–Crippen MR) is 89.5 cm³/mol. The fourth-order valence-electron chi connectivity index (χ4n) is 2.48. The van der Waals surface area contributed by atoms with Crippen LogP contribution in [0.4, 0.5) is 10.5 Å². The Bertz CT molecular complexity index is 722. The fraction of sp³-hybridized carbons (Fsp3) is 0.222. The van der Waals surface area contributed by atoms with Crippen molar-refractivity contribution in [2.45, 2.75) is 13.8 Å². The topological polar surface area (TPSA) is 44.7 Å².